The highest BCUT2D eigenvalue weighted by Gasteiger charge is 2.38. The molecular weight excluding hydrogens is 444 g/mol. The van der Waals surface area contributed by atoms with Gasteiger partial charge in [-0.05, 0) is 42.7 Å². The van der Waals surface area contributed by atoms with Gasteiger partial charge >= 0.3 is 0 Å². The van der Waals surface area contributed by atoms with Gasteiger partial charge in [-0.15, -0.1) is 0 Å². The van der Waals surface area contributed by atoms with Crippen LogP contribution in [0.4, 0.5) is 8.78 Å². The predicted octanol–water partition coefficient (Wildman–Crippen LogP) is 2.36. The highest BCUT2D eigenvalue weighted by Crippen LogP contribution is 2.35. The zero-order valence-electron chi connectivity index (χ0n) is 18.7. The summed E-state index contributed by atoms with van der Waals surface area (Å²) in [6, 6.07) is 7.51. The van der Waals surface area contributed by atoms with Crippen LogP contribution in [0.5, 0.6) is 5.75 Å². The Morgan fingerprint density at radius 3 is 2.56 bits per heavy atom. The number of methoxy groups -OCH3 is 1. The molecule has 0 aromatic heterocycles. The Labute approximate surface area is 195 Å². The van der Waals surface area contributed by atoms with Crippen LogP contribution in [0, 0.1) is 11.6 Å². The number of nitrogens with two attached hydrogens (primary N) is 2. The molecule has 1 unspecified atom stereocenters. The molecule has 2 amide bonds. The van der Waals surface area contributed by atoms with Gasteiger partial charge in [-0.2, -0.15) is 0 Å². The number of hydrazine groups is 1. The van der Waals surface area contributed by atoms with Crippen molar-refractivity contribution in [1.82, 2.24) is 15.8 Å². The maximum Gasteiger partial charge on any atom is 0.255 e. The van der Waals surface area contributed by atoms with Crippen LogP contribution in [0.1, 0.15) is 53.2 Å². The van der Waals surface area contributed by atoms with Crippen molar-refractivity contribution in [1.29, 1.82) is 0 Å². The Morgan fingerprint density at radius 2 is 1.91 bits per heavy atom. The normalized spacial score (nSPS) is 18.4. The summed E-state index contributed by atoms with van der Waals surface area (Å²) >= 11 is 0. The number of nitrogens with one attached hydrogen (secondary N) is 2. The summed E-state index contributed by atoms with van der Waals surface area (Å²) in [7, 11) is 1.37. The second-order valence-corrected chi connectivity index (χ2v) is 8.41. The topological polar surface area (TPSA) is 123 Å². The zero-order chi connectivity index (χ0) is 24.4. The maximum absolute atomic E-state index is 14.9. The minimum absolute atomic E-state index is 0.00778. The van der Waals surface area contributed by atoms with Crippen LogP contribution < -0.4 is 26.9 Å². The molecule has 1 atom stereocenters. The fraction of sp³-hybridized carbons (Fsp3) is 0.333. The fourth-order valence-electron chi connectivity index (χ4n) is 4.54. The third kappa shape index (κ3) is 4.54. The molecule has 0 spiro atoms. The molecule has 1 aliphatic heterocycles. The van der Waals surface area contributed by atoms with Crippen LogP contribution in [0.15, 0.2) is 47.8 Å². The summed E-state index contributed by atoms with van der Waals surface area (Å²) in [6.45, 7) is -0.127. The number of halogens is 2. The summed E-state index contributed by atoms with van der Waals surface area (Å²) in [5.41, 5.74) is 16.0. The third-order valence-electron chi connectivity index (χ3n) is 6.30. The number of nitrogens with zero attached hydrogens (tertiary/aromatic N) is 1. The number of carbonyl (C=O) groups excluding carboxylic acids is 2. The van der Waals surface area contributed by atoms with E-state index in [0.717, 1.165) is 31.7 Å². The average Bonchev–Trinajstić information content (AvgIpc) is 3.45. The molecule has 2 aromatic carbocycles. The molecule has 0 radical (unpaired) electrons. The Kier molecular flexibility index (Phi) is 6.69. The van der Waals surface area contributed by atoms with Crippen LogP contribution in [-0.4, -0.2) is 30.0 Å². The molecule has 8 nitrogen and oxygen atoms in total. The van der Waals surface area contributed by atoms with E-state index in [1.165, 1.54) is 31.4 Å². The lowest BCUT2D eigenvalue weighted by Gasteiger charge is -2.28. The van der Waals surface area contributed by atoms with Gasteiger partial charge in [0.1, 0.15) is 23.2 Å². The molecule has 0 bridgehead atoms. The van der Waals surface area contributed by atoms with Crippen molar-refractivity contribution in [2.24, 2.45) is 11.5 Å². The molecule has 2 aromatic rings. The second-order valence-electron chi connectivity index (χ2n) is 8.41. The summed E-state index contributed by atoms with van der Waals surface area (Å²) in [6.07, 6.45) is 4.03. The van der Waals surface area contributed by atoms with Gasteiger partial charge in [0, 0.05) is 18.2 Å². The number of ether oxygens (including phenoxy) is 1. The number of primary amides is 1. The van der Waals surface area contributed by atoms with Gasteiger partial charge in [0.05, 0.1) is 24.3 Å². The first-order valence-electron chi connectivity index (χ1n) is 11.0. The van der Waals surface area contributed by atoms with Gasteiger partial charge in [-0.1, -0.05) is 25.0 Å². The van der Waals surface area contributed by atoms with Crippen LogP contribution in [0.25, 0.3) is 0 Å². The molecule has 2 aliphatic rings. The fourth-order valence-corrected chi connectivity index (χ4v) is 4.54. The average molecular weight is 472 g/mol. The Balaban J connectivity index is 1.50. The quantitative estimate of drug-likeness (QED) is 0.492. The molecule has 1 saturated carbocycles. The lowest BCUT2D eigenvalue weighted by atomic mass is 9.98. The molecular formula is C24H27F2N5O3. The van der Waals surface area contributed by atoms with Gasteiger partial charge in [0.15, 0.2) is 0 Å². The van der Waals surface area contributed by atoms with E-state index in [2.05, 4.69) is 10.7 Å². The monoisotopic (exact) mass is 471 g/mol. The minimum Gasteiger partial charge on any atom is -0.496 e. The van der Waals surface area contributed by atoms with E-state index in [1.807, 2.05) is 0 Å². The van der Waals surface area contributed by atoms with Gasteiger partial charge < -0.3 is 21.5 Å². The second kappa shape index (κ2) is 9.68. The first kappa shape index (κ1) is 23.5. The molecule has 180 valence electrons. The SMILES string of the molecule is COc1ccc(F)cc1C(=O)NCc1ccc(C2NN(C3CCCC3)C(N)=C2C(N)=O)cc1F. The lowest BCUT2D eigenvalue weighted by molar-refractivity contribution is -0.114. The Morgan fingerprint density at radius 1 is 1.18 bits per heavy atom. The summed E-state index contributed by atoms with van der Waals surface area (Å²) < 4.78 is 33.6. The number of hydrogen-bond donors (Lipinski definition) is 4. The smallest absolute Gasteiger partial charge is 0.255 e. The van der Waals surface area contributed by atoms with Crippen molar-refractivity contribution in [3.63, 3.8) is 0 Å². The van der Waals surface area contributed by atoms with E-state index in [0.29, 0.717) is 5.56 Å². The summed E-state index contributed by atoms with van der Waals surface area (Å²) in [4.78, 5) is 24.6. The van der Waals surface area contributed by atoms with Crippen LogP contribution >= 0.6 is 0 Å². The summed E-state index contributed by atoms with van der Waals surface area (Å²) in [5, 5.41) is 4.35. The van der Waals surface area contributed by atoms with Crippen molar-refractivity contribution in [2.45, 2.75) is 44.3 Å². The van der Waals surface area contributed by atoms with Crippen molar-refractivity contribution in [3.8, 4) is 5.75 Å². The molecule has 1 fully saturated rings. The third-order valence-corrected chi connectivity index (χ3v) is 6.30. The lowest BCUT2D eigenvalue weighted by Crippen LogP contribution is -2.42. The van der Waals surface area contributed by atoms with Gasteiger partial charge in [-0.25, -0.2) is 14.2 Å². The molecule has 6 N–H and O–H groups in total. The molecule has 1 heterocycles. The van der Waals surface area contributed by atoms with E-state index < -0.39 is 29.5 Å². The van der Waals surface area contributed by atoms with Crippen molar-refractivity contribution in [2.75, 3.05) is 7.11 Å². The number of rotatable bonds is 7. The van der Waals surface area contributed by atoms with E-state index in [4.69, 9.17) is 16.2 Å². The molecule has 10 heteroatoms. The molecule has 0 saturated heterocycles. The zero-order valence-corrected chi connectivity index (χ0v) is 18.7. The van der Waals surface area contributed by atoms with Crippen LogP contribution in [0.2, 0.25) is 0 Å². The molecule has 4 rings (SSSR count). The highest BCUT2D eigenvalue weighted by atomic mass is 19.1. The van der Waals surface area contributed by atoms with Crippen molar-refractivity contribution < 1.29 is 23.1 Å². The van der Waals surface area contributed by atoms with Crippen molar-refractivity contribution >= 4 is 11.8 Å². The predicted molar refractivity (Wildman–Crippen MR) is 121 cm³/mol. The van der Waals surface area contributed by atoms with Crippen molar-refractivity contribution in [3.05, 3.63) is 76.1 Å². The van der Waals surface area contributed by atoms with Gasteiger partial charge in [0.2, 0.25) is 5.91 Å². The Hall–Kier alpha value is -3.66. The molecule has 34 heavy (non-hydrogen) atoms. The number of amides is 2. The maximum atomic E-state index is 14.9. The number of carbonyl (C=O) groups is 2. The summed E-state index contributed by atoms with van der Waals surface area (Å²) in [5.74, 6) is -1.96. The molecule has 1 aliphatic carbocycles. The van der Waals surface area contributed by atoms with Gasteiger partial charge in [-0.3, -0.25) is 14.6 Å². The Bertz CT molecular complexity index is 1150. The van der Waals surface area contributed by atoms with E-state index >= 15 is 0 Å². The van der Waals surface area contributed by atoms with E-state index in [9.17, 15) is 18.4 Å². The van der Waals surface area contributed by atoms with E-state index in [1.54, 1.807) is 11.1 Å². The number of benzene rings is 2. The first-order chi connectivity index (χ1) is 16.3. The highest BCUT2D eigenvalue weighted by molar-refractivity contribution is 5.97. The largest absolute Gasteiger partial charge is 0.496 e. The van der Waals surface area contributed by atoms with Gasteiger partial charge in [0.25, 0.3) is 5.91 Å². The number of hydrogen-bond acceptors (Lipinski definition) is 6. The minimum atomic E-state index is -0.673. The van der Waals surface area contributed by atoms with E-state index in [-0.39, 0.29) is 40.9 Å². The van der Waals surface area contributed by atoms with Crippen LogP contribution in [-0.2, 0) is 11.3 Å². The standard InChI is InChI=1S/C24H27F2N5O3/c1-34-19-9-8-15(25)11-17(19)24(33)29-12-14-7-6-13(10-18(14)26)21-20(23(28)32)22(27)31(30-21)16-4-2-3-5-16/h6-11,16,21,30H,2-5,12,27H2,1H3,(H2,28,32)(H,29,33). The van der Waals surface area contributed by atoms with Crippen LogP contribution in [0.3, 0.4) is 0 Å². The first-order valence-corrected chi connectivity index (χ1v) is 11.0.